The summed E-state index contributed by atoms with van der Waals surface area (Å²) in [5.41, 5.74) is 3.93. The molecular weight excluding hydrogens is 330 g/mol. The molecule has 26 heavy (non-hydrogen) atoms. The first-order valence-electron chi connectivity index (χ1n) is 8.71. The van der Waals surface area contributed by atoms with Gasteiger partial charge in [0.15, 0.2) is 0 Å². The van der Waals surface area contributed by atoms with E-state index in [0.717, 1.165) is 46.6 Å². The molecule has 5 nitrogen and oxygen atoms in total. The summed E-state index contributed by atoms with van der Waals surface area (Å²) in [6.07, 6.45) is 1.98. The SMILES string of the molecule is COC(=O)C[C@@H]1COc2cc(O[C@@H]3CCc4c(C#N)cccc43)ccc21. The number of fused-ring (bicyclic) bond motifs is 2. The second kappa shape index (κ2) is 6.72. The lowest BCUT2D eigenvalue weighted by Crippen LogP contribution is -2.09. The molecule has 0 amide bonds. The fourth-order valence-electron chi connectivity index (χ4n) is 3.79. The van der Waals surface area contributed by atoms with E-state index in [-0.39, 0.29) is 18.0 Å². The van der Waals surface area contributed by atoms with Crippen molar-refractivity contribution in [2.75, 3.05) is 13.7 Å². The summed E-state index contributed by atoms with van der Waals surface area (Å²) in [6.45, 7) is 0.478. The first kappa shape index (κ1) is 16.5. The van der Waals surface area contributed by atoms with Crippen LogP contribution in [0.1, 0.15) is 47.1 Å². The number of rotatable bonds is 4. The van der Waals surface area contributed by atoms with Crippen molar-refractivity contribution in [1.82, 2.24) is 0 Å². The van der Waals surface area contributed by atoms with Gasteiger partial charge in [0.2, 0.25) is 0 Å². The van der Waals surface area contributed by atoms with Crippen molar-refractivity contribution >= 4 is 5.97 Å². The number of benzene rings is 2. The quantitative estimate of drug-likeness (QED) is 0.788. The van der Waals surface area contributed by atoms with Gasteiger partial charge in [0.05, 0.1) is 31.8 Å². The Morgan fingerprint density at radius 3 is 3.00 bits per heavy atom. The molecule has 0 radical (unpaired) electrons. The second-order valence-corrected chi connectivity index (χ2v) is 6.62. The minimum atomic E-state index is -0.234. The second-order valence-electron chi connectivity index (χ2n) is 6.62. The third kappa shape index (κ3) is 2.88. The van der Waals surface area contributed by atoms with Crippen LogP contribution in [0.5, 0.6) is 11.5 Å². The molecule has 1 aliphatic carbocycles. The standard InChI is InChI=1S/C21H19NO4/c1-24-21(23)9-14-12-25-20-10-15(5-6-17(14)20)26-19-8-7-16-13(11-22)3-2-4-18(16)19/h2-6,10,14,19H,7-9,12H2,1H3/t14-,19-/m1/s1. The van der Waals surface area contributed by atoms with Crippen LogP contribution in [0.3, 0.4) is 0 Å². The smallest absolute Gasteiger partial charge is 0.306 e. The Morgan fingerprint density at radius 1 is 1.31 bits per heavy atom. The molecule has 1 aliphatic heterocycles. The molecular formula is C21H19NO4. The van der Waals surface area contributed by atoms with Crippen LogP contribution in [0.15, 0.2) is 36.4 Å². The lowest BCUT2D eigenvalue weighted by atomic mass is 9.98. The largest absolute Gasteiger partial charge is 0.492 e. The zero-order valence-electron chi connectivity index (χ0n) is 14.5. The molecule has 0 saturated carbocycles. The van der Waals surface area contributed by atoms with Crippen molar-refractivity contribution in [3.05, 3.63) is 58.7 Å². The monoisotopic (exact) mass is 349 g/mol. The number of hydrogen-bond donors (Lipinski definition) is 0. The van der Waals surface area contributed by atoms with Gasteiger partial charge in [0.25, 0.3) is 0 Å². The number of methoxy groups -OCH3 is 1. The lowest BCUT2D eigenvalue weighted by Gasteiger charge is -2.16. The predicted octanol–water partition coefficient (Wildman–Crippen LogP) is 3.66. The summed E-state index contributed by atoms with van der Waals surface area (Å²) in [4.78, 5) is 11.5. The Kier molecular flexibility index (Phi) is 4.26. The molecule has 1 heterocycles. The van der Waals surface area contributed by atoms with Gasteiger partial charge in [-0.3, -0.25) is 4.79 Å². The molecule has 0 fully saturated rings. The summed E-state index contributed by atoms with van der Waals surface area (Å²) < 4.78 is 16.7. The molecule has 0 spiro atoms. The zero-order valence-corrected chi connectivity index (χ0v) is 14.5. The van der Waals surface area contributed by atoms with Crippen LogP contribution in [0.25, 0.3) is 0 Å². The van der Waals surface area contributed by atoms with E-state index < -0.39 is 0 Å². The van der Waals surface area contributed by atoms with Gasteiger partial charge in [-0.25, -0.2) is 0 Å². The highest BCUT2D eigenvalue weighted by molar-refractivity contribution is 5.71. The Labute approximate surface area is 152 Å². The predicted molar refractivity (Wildman–Crippen MR) is 94.2 cm³/mol. The first-order chi connectivity index (χ1) is 12.7. The molecule has 132 valence electrons. The summed E-state index contributed by atoms with van der Waals surface area (Å²) in [6, 6.07) is 13.8. The minimum absolute atomic E-state index is 0.0249. The maximum atomic E-state index is 11.5. The van der Waals surface area contributed by atoms with Crippen LogP contribution in [0.2, 0.25) is 0 Å². The average molecular weight is 349 g/mol. The molecule has 0 saturated heterocycles. The molecule has 2 aliphatic rings. The normalized spacial score (nSPS) is 19.8. The molecule has 0 bridgehead atoms. The van der Waals surface area contributed by atoms with Crippen LogP contribution in [-0.2, 0) is 16.0 Å². The summed E-state index contributed by atoms with van der Waals surface area (Å²) in [7, 11) is 1.40. The number of nitrogens with zero attached hydrogens (tertiary/aromatic N) is 1. The van der Waals surface area contributed by atoms with Crippen molar-refractivity contribution in [3.63, 3.8) is 0 Å². The van der Waals surface area contributed by atoms with Gasteiger partial charge in [-0.2, -0.15) is 5.26 Å². The van der Waals surface area contributed by atoms with Gasteiger partial charge < -0.3 is 14.2 Å². The fourth-order valence-corrected chi connectivity index (χ4v) is 3.79. The van der Waals surface area contributed by atoms with E-state index in [0.29, 0.717) is 13.0 Å². The number of carbonyl (C=O) groups is 1. The Hall–Kier alpha value is -3.00. The summed E-state index contributed by atoms with van der Waals surface area (Å²) >= 11 is 0. The molecule has 0 unspecified atom stereocenters. The van der Waals surface area contributed by atoms with Gasteiger partial charge in [-0.1, -0.05) is 18.2 Å². The van der Waals surface area contributed by atoms with Crippen molar-refractivity contribution in [2.45, 2.75) is 31.3 Å². The van der Waals surface area contributed by atoms with Crippen LogP contribution in [0.4, 0.5) is 0 Å². The van der Waals surface area contributed by atoms with Gasteiger partial charge in [-0.15, -0.1) is 0 Å². The highest BCUT2D eigenvalue weighted by atomic mass is 16.5. The van der Waals surface area contributed by atoms with E-state index >= 15 is 0 Å². The molecule has 2 aromatic rings. The third-order valence-electron chi connectivity index (χ3n) is 5.12. The van der Waals surface area contributed by atoms with E-state index in [1.807, 2.05) is 36.4 Å². The van der Waals surface area contributed by atoms with Crippen molar-refractivity contribution in [3.8, 4) is 17.6 Å². The Morgan fingerprint density at radius 2 is 2.19 bits per heavy atom. The van der Waals surface area contributed by atoms with Crippen LogP contribution in [-0.4, -0.2) is 19.7 Å². The van der Waals surface area contributed by atoms with Crippen LogP contribution in [0, 0.1) is 11.3 Å². The van der Waals surface area contributed by atoms with Gasteiger partial charge in [-0.05, 0) is 36.1 Å². The van der Waals surface area contributed by atoms with Gasteiger partial charge in [0, 0.05) is 17.5 Å². The zero-order chi connectivity index (χ0) is 18.1. The highest BCUT2D eigenvalue weighted by Gasteiger charge is 2.29. The lowest BCUT2D eigenvalue weighted by molar-refractivity contribution is -0.141. The maximum absolute atomic E-state index is 11.5. The highest BCUT2D eigenvalue weighted by Crippen LogP contribution is 2.41. The molecule has 2 atom stereocenters. The fraction of sp³-hybridized carbons (Fsp3) is 0.333. The Balaban J connectivity index is 1.52. The first-order valence-corrected chi connectivity index (χ1v) is 8.71. The van der Waals surface area contributed by atoms with E-state index in [1.165, 1.54) is 7.11 Å². The molecule has 0 aromatic heterocycles. The van der Waals surface area contributed by atoms with E-state index in [1.54, 1.807) is 0 Å². The number of carbonyl (C=O) groups excluding carboxylic acids is 1. The van der Waals surface area contributed by atoms with Crippen molar-refractivity contribution in [1.29, 1.82) is 5.26 Å². The van der Waals surface area contributed by atoms with E-state index in [4.69, 9.17) is 14.2 Å². The summed E-state index contributed by atoms with van der Waals surface area (Å²) in [5, 5.41) is 9.25. The van der Waals surface area contributed by atoms with Crippen molar-refractivity contribution in [2.24, 2.45) is 0 Å². The number of ether oxygens (including phenoxy) is 3. The molecule has 2 aromatic carbocycles. The van der Waals surface area contributed by atoms with Gasteiger partial charge >= 0.3 is 5.97 Å². The topological polar surface area (TPSA) is 68.6 Å². The summed E-state index contributed by atoms with van der Waals surface area (Å²) in [5.74, 6) is 1.29. The molecule has 4 rings (SSSR count). The molecule has 0 N–H and O–H groups in total. The van der Waals surface area contributed by atoms with E-state index in [2.05, 4.69) is 6.07 Å². The number of esters is 1. The van der Waals surface area contributed by atoms with Crippen molar-refractivity contribution < 1.29 is 19.0 Å². The van der Waals surface area contributed by atoms with Crippen LogP contribution >= 0.6 is 0 Å². The van der Waals surface area contributed by atoms with E-state index in [9.17, 15) is 10.1 Å². The van der Waals surface area contributed by atoms with Gasteiger partial charge in [0.1, 0.15) is 17.6 Å². The number of hydrogen-bond acceptors (Lipinski definition) is 5. The minimum Gasteiger partial charge on any atom is -0.492 e. The maximum Gasteiger partial charge on any atom is 0.306 e. The third-order valence-corrected chi connectivity index (χ3v) is 5.12. The molecule has 5 heteroatoms. The average Bonchev–Trinajstić information content (AvgIpc) is 3.26. The number of nitriles is 1. The Bertz CT molecular complexity index is 899. The van der Waals surface area contributed by atoms with Crippen LogP contribution < -0.4 is 9.47 Å².